The highest BCUT2D eigenvalue weighted by Crippen LogP contribution is 2.19. The summed E-state index contributed by atoms with van der Waals surface area (Å²) in [6.45, 7) is 3.29. The standard InChI is InChI=1S/C14H23N3S/c1-11-4-3-5-12(8-11)9-13(16-15)14-10-18-7-6-17(14)2/h3-5,8,13-14,16H,6-7,9-10,15H2,1-2H3. The van der Waals surface area contributed by atoms with Crippen molar-refractivity contribution in [3.8, 4) is 0 Å². The molecular weight excluding hydrogens is 242 g/mol. The lowest BCUT2D eigenvalue weighted by Gasteiger charge is -2.37. The molecule has 0 aromatic heterocycles. The summed E-state index contributed by atoms with van der Waals surface area (Å²) < 4.78 is 0. The molecule has 1 heterocycles. The number of likely N-dealkylation sites (N-methyl/N-ethyl adjacent to an activating group) is 1. The van der Waals surface area contributed by atoms with E-state index in [2.05, 4.69) is 48.6 Å². The van der Waals surface area contributed by atoms with Gasteiger partial charge in [-0.3, -0.25) is 11.3 Å². The van der Waals surface area contributed by atoms with Crippen molar-refractivity contribution in [2.45, 2.75) is 25.4 Å². The Bertz CT molecular complexity index is 383. The molecule has 18 heavy (non-hydrogen) atoms. The Morgan fingerprint density at radius 3 is 3.06 bits per heavy atom. The topological polar surface area (TPSA) is 41.3 Å². The van der Waals surface area contributed by atoms with Gasteiger partial charge in [0.05, 0.1) is 0 Å². The van der Waals surface area contributed by atoms with Crippen molar-refractivity contribution in [3.63, 3.8) is 0 Å². The van der Waals surface area contributed by atoms with Gasteiger partial charge in [-0.05, 0) is 26.0 Å². The molecule has 2 rings (SSSR count). The van der Waals surface area contributed by atoms with Gasteiger partial charge in [-0.1, -0.05) is 29.8 Å². The molecule has 100 valence electrons. The van der Waals surface area contributed by atoms with Gasteiger partial charge in [-0.2, -0.15) is 11.8 Å². The third-order valence-corrected chi connectivity index (χ3v) is 4.71. The second-order valence-corrected chi connectivity index (χ2v) is 6.24. The van der Waals surface area contributed by atoms with Gasteiger partial charge < -0.3 is 4.90 Å². The molecule has 1 saturated heterocycles. The number of nitrogens with zero attached hydrogens (tertiary/aromatic N) is 1. The first-order chi connectivity index (χ1) is 8.70. The normalized spacial score (nSPS) is 22.9. The van der Waals surface area contributed by atoms with Crippen molar-refractivity contribution in [3.05, 3.63) is 35.4 Å². The molecule has 0 radical (unpaired) electrons. The molecular formula is C14H23N3S. The molecule has 0 amide bonds. The van der Waals surface area contributed by atoms with Crippen LogP contribution in [0.5, 0.6) is 0 Å². The summed E-state index contributed by atoms with van der Waals surface area (Å²) in [6.07, 6.45) is 0.994. The Labute approximate surface area is 114 Å². The molecule has 2 atom stereocenters. The largest absolute Gasteiger partial charge is 0.300 e. The summed E-state index contributed by atoms with van der Waals surface area (Å²) in [5, 5.41) is 0. The smallest absolute Gasteiger partial charge is 0.0414 e. The highest BCUT2D eigenvalue weighted by molar-refractivity contribution is 7.99. The summed E-state index contributed by atoms with van der Waals surface area (Å²) in [5.74, 6) is 8.16. The van der Waals surface area contributed by atoms with Crippen molar-refractivity contribution in [2.24, 2.45) is 5.84 Å². The predicted molar refractivity (Wildman–Crippen MR) is 79.7 cm³/mol. The van der Waals surface area contributed by atoms with Crippen LogP contribution in [-0.2, 0) is 6.42 Å². The Kier molecular flexibility index (Phi) is 5.06. The summed E-state index contributed by atoms with van der Waals surface area (Å²) >= 11 is 2.03. The van der Waals surface area contributed by atoms with E-state index < -0.39 is 0 Å². The first kappa shape index (κ1) is 13.9. The SMILES string of the molecule is Cc1cccc(CC(NN)C2CSCCN2C)c1. The molecule has 0 saturated carbocycles. The van der Waals surface area contributed by atoms with Crippen LogP contribution in [-0.4, -0.2) is 42.1 Å². The number of nitrogens with one attached hydrogen (secondary N) is 1. The van der Waals surface area contributed by atoms with Gasteiger partial charge in [0, 0.05) is 30.1 Å². The lowest BCUT2D eigenvalue weighted by molar-refractivity contribution is 0.214. The van der Waals surface area contributed by atoms with Gasteiger partial charge in [-0.15, -0.1) is 0 Å². The van der Waals surface area contributed by atoms with Crippen molar-refractivity contribution in [2.75, 3.05) is 25.1 Å². The molecule has 1 aliphatic heterocycles. The maximum absolute atomic E-state index is 5.77. The summed E-state index contributed by atoms with van der Waals surface area (Å²) in [4.78, 5) is 2.43. The minimum Gasteiger partial charge on any atom is -0.300 e. The van der Waals surface area contributed by atoms with Gasteiger partial charge >= 0.3 is 0 Å². The number of hydrogen-bond acceptors (Lipinski definition) is 4. The third-order valence-electron chi connectivity index (χ3n) is 3.66. The van der Waals surface area contributed by atoms with Crippen LogP contribution in [0, 0.1) is 6.92 Å². The first-order valence-corrected chi connectivity index (χ1v) is 7.66. The van der Waals surface area contributed by atoms with E-state index in [-0.39, 0.29) is 0 Å². The van der Waals surface area contributed by atoms with E-state index in [0.717, 1.165) is 18.7 Å². The average Bonchev–Trinajstić information content (AvgIpc) is 2.37. The Balaban J connectivity index is 2.04. The van der Waals surface area contributed by atoms with E-state index in [0.29, 0.717) is 12.1 Å². The summed E-state index contributed by atoms with van der Waals surface area (Å²) in [6, 6.07) is 9.54. The quantitative estimate of drug-likeness (QED) is 0.638. The number of nitrogens with two attached hydrogens (primary N) is 1. The molecule has 3 N–H and O–H groups in total. The van der Waals surface area contributed by atoms with Crippen LogP contribution in [0.25, 0.3) is 0 Å². The fourth-order valence-corrected chi connectivity index (χ4v) is 3.84. The second-order valence-electron chi connectivity index (χ2n) is 5.09. The minimum absolute atomic E-state index is 0.324. The summed E-state index contributed by atoms with van der Waals surface area (Å²) in [7, 11) is 2.20. The molecule has 3 nitrogen and oxygen atoms in total. The number of hydrazine groups is 1. The molecule has 2 unspecified atom stereocenters. The van der Waals surface area contributed by atoms with Crippen molar-refractivity contribution in [1.29, 1.82) is 0 Å². The molecule has 1 aliphatic rings. The number of rotatable bonds is 4. The van der Waals surface area contributed by atoms with E-state index in [1.165, 1.54) is 16.9 Å². The highest BCUT2D eigenvalue weighted by Gasteiger charge is 2.27. The Hall–Kier alpha value is -0.550. The van der Waals surface area contributed by atoms with Crippen LogP contribution >= 0.6 is 11.8 Å². The zero-order valence-corrected chi connectivity index (χ0v) is 12.0. The average molecular weight is 265 g/mol. The van der Waals surface area contributed by atoms with Gasteiger partial charge in [0.2, 0.25) is 0 Å². The first-order valence-electron chi connectivity index (χ1n) is 6.50. The molecule has 1 fully saturated rings. The minimum atomic E-state index is 0.324. The summed E-state index contributed by atoms with van der Waals surface area (Å²) in [5.41, 5.74) is 5.69. The van der Waals surface area contributed by atoms with Crippen LogP contribution in [0.1, 0.15) is 11.1 Å². The highest BCUT2D eigenvalue weighted by atomic mass is 32.2. The van der Waals surface area contributed by atoms with E-state index in [1.54, 1.807) is 0 Å². The molecule has 1 aromatic carbocycles. The molecule has 0 aliphatic carbocycles. The lowest BCUT2D eigenvalue weighted by atomic mass is 9.99. The Morgan fingerprint density at radius 2 is 2.39 bits per heavy atom. The van der Waals surface area contributed by atoms with Crippen LogP contribution < -0.4 is 11.3 Å². The number of aryl methyl sites for hydroxylation is 1. The van der Waals surface area contributed by atoms with Crippen LogP contribution in [0.2, 0.25) is 0 Å². The van der Waals surface area contributed by atoms with E-state index in [4.69, 9.17) is 5.84 Å². The maximum atomic E-state index is 5.77. The lowest BCUT2D eigenvalue weighted by Crippen LogP contribution is -2.55. The maximum Gasteiger partial charge on any atom is 0.0414 e. The van der Waals surface area contributed by atoms with Crippen LogP contribution in [0.15, 0.2) is 24.3 Å². The predicted octanol–water partition coefficient (Wildman–Crippen LogP) is 1.42. The van der Waals surface area contributed by atoms with Gasteiger partial charge in [-0.25, -0.2) is 0 Å². The molecule has 4 heteroatoms. The fourth-order valence-electron chi connectivity index (χ4n) is 2.53. The Morgan fingerprint density at radius 1 is 1.56 bits per heavy atom. The number of hydrogen-bond donors (Lipinski definition) is 2. The molecule has 0 spiro atoms. The third kappa shape index (κ3) is 3.48. The molecule has 1 aromatic rings. The molecule has 0 bridgehead atoms. The van der Waals surface area contributed by atoms with Crippen molar-refractivity contribution in [1.82, 2.24) is 10.3 Å². The monoisotopic (exact) mass is 265 g/mol. The van der Waals surface area contributed by atoms with E-state index >= 15 is 0 Å². The van der Waals surface area contributed by atoms with E-state index in [9.17, 15) is 0 Å². The fraction of sp³-hybridized carbons (Fsp3) is 0.571. The second kappa shape index (κ2) is 6.57. The number of thioether (sulfide) groups is 1. The zero-order chi connectivity index (χ0) is 13.0. The number of benzene rings is 1. The van der Waals surface area contributed by atoms with Crippen molar-refractivity contribution < 1.29 is 0 Å². The van der Waals surface area contributed by atoms with Gasteiger partial charge in [0.1, 0.15) is 0 Å². The zero-order valence-electron chi connectivity index (χ0n) is 11.2. The van der Waals surface area contributed by atoms with Gasteiger partial charge in [0.15, 0.2) is 0 Å². The van der Waals surface area contributed by atoms with E-state index in [1.807, 2.05) is 11.8 Å². The van der Waals surface area contributed by atoms with Crippen LogP contribution in [0.3, 0.4) is 0 Å². The van der Waals surface area contributed by atoms with Crippen molar-refractivity contribution >= 4 is 11.8 Å². The van der Waals surface area contributed by atoms with Crippen LogP contribution in [0.4, 0.5) is 0 Å². The van der Waals surface area contributed by atoms with Gasteiger partial charge in [0.25, 0.3) is 0 Å².